The average molecular weight is 338 g/mol. The Morgan fingerprint density at radius 1 is 1.22 bits per heavy atom. The van der Waals surface area contributed by atoms with Gasteiger partial charge in [0.2, 0.25) is 10.0 Å². The van der Waals surface area contributed by atoms with E-state index < -0.39 is 10.0 Å². The third-order valence-corrected chi connectivity index (χ3v) is 5.11. The molecular weight excluding hydrogens is 316 g/mol. The summed E-state index contributed by atoms with van der Waals surface area (Å²) in [6.45, 7) is 6.15. The Hall–Kier alpha value is -1.86. The van der Waals surface area contributed by atoms with Crippen molar-refractivity contribution >= 4 is 10.0 Å². The van der Waals surface area contributed by atoms with Crippen LogP contribution in [0.15, 0.2) is 33.7 Å². The molecule has 0 unspecified atom stereocenters. The Morgan fingerprint density at radius 3 is 2.48 bits per heavy atom. The first-order valence-corrected chi connectivity index (χ1v) is 9.06. The number of hydrogen-bond donors (Lipinski definition) is 1. The van der Waals surface area contributed by atoms with Gasteiger partial charge in [-0.15, -0.1) is 0 Å². The minimum atomic E-state index is -3.57. The van der Waals surface area contributed by atoms with Gasteiger partial charge < -0.3 is 9.26 Å². The molecule has 0 aliphatic heterocycles. The zero-order valence-electron chi connectivity index (χ0n) is 13.6. The largest absolute Gasteiger partial charge is 0.494 e. The lowest BCUT2D eigenvalue weighted by Gasteiger charge is -2.07. The summed E-state index contributed by atoms with van der Waals surface area (Å²) >= 11 is 0. The molecule has 0 saturated carbocycles. The van der Waals surface area contributed by atoms with Crippen LogP contribution in [0.3, 0.4) is 0 Å². The van der Waals surface area contributed by atoms with Gasteiger partial charge in [0, 0.05) is 6.54 Å². The molecule has 0 aliphatic rings. The van der Waals surface area contributed by atoms with E-state index in [2.05, 4.69) is 9.88 Å². The minimum Gasteiger partial charge on any atom is -0.494 e. The van der Waals surface area contributed by atoms with Crippen LogP contribution in [-0.2, 0) is 16.4 Å². The zero-order chi connectivity index (χ0) is 16.9. The van der Waals surface area contributed by atoms with Crippen molar-refractivity contribution in [1.29, 1.82) is 0 Å². The van der Waals surface area contributed by atoms with E-state index in [-0.39, 0.29) is 4.90 Å². The van der Waals surface area contributed by atoms with Crippen LogP contribution in [0.4, 0.5) is 0 Å². The van der Waals surface area contributed by atoms with Gasteiger partial charge in [0.25, 0.3) is 0 Å². The maximum atomic E-state index is 12.2. The van der Waals surface area contributed by atoms with E-state index in [1.807, 2.05) is 31.2 Å². The van der Waals surface area contributed by atoms with Crippen LogP contribution < -0.4 is 9.46 Å². The van der Waals surface area contributed by atoms with E-state index in [0.29, 0.717) is 31.0 Å². The molecule has 1 heterocycles. The molecule has 7 heteroatoms. The van der Waals surface area contributed by atoms with Gasteiger partial charge in [0.15, 0.2) is 5.76 Å². The summed E-state index contributed by atoms with van der Waals surface area (Å²) in [6.07, 6.45) is 1.49. The van der Waals surface area contributed by atoms with Crippen LogP contribution in [0.5, 0.6) is 5.75 Å². The van der Waals surface area contributed by atoms with Crippen molar-refractivity contribution < 1.29 is 17.7 Å². The summed E-state index contributed by atoms with van der Waals surface area (Å²) in [5, 5.41) is 3.68. The predicted octanol–water partition coefficient (Wildman–Crippen LogP) is 2.60. The second-order valence-electron chi connectivity index (χ2n) is 5.23. The van der Waals surface area contributed by atoms with Gasteiger partial charge in [0.1, 0.15) is 16.3 Å². The number of hydrogen-bond acceptors (Lipinski definition) is 5. The van der Waals surface area contributed by atoms with Crippen molar-refractivity contribution in [2.75, 3.05) is 13.2 Å². The molecule has 1 aromatic carbocycles. The molecular formula is C16H22N2O4S. The summed E-state index contributed by atoms with van der Waals surface area (Å²) in [6, 6.07) is 7.83. The molecule has 2 aromatic rings. The summed E-state index contributed by atoms with van der Waals surface area (Å²) in [4.78, 5) is 0.138. The van der Waals surface area contributed by atoms with Gasteiger partial charge in [-0.05, 0) is 51.3 Å². The van der Waals surface area contributed by atoms with Crippen molar-refractivity contribution in [3.05, 3.63) is 41.3 Å². The van der Waals surface area contributed by atoms with Crippen molar-refractivity contribution in [3.8, 4) is 5.75 Å². The number of nitrogens with zero attached hydrogens (tertiary/aromatic N) is 1. The molecule has 23 heavy (non-hydrogen) atoms. The molecule has 1 N–H and O–H groups in total. The van der Waals surface area contributed by atoms with Crippen molar-refractivity contribution in [1.82, 2.24) is 9.88 Å². The number of rotatable bonds is 8. The van der Waals surface area contributed by atoms with E-state index >= 15 is 0 Å². The molecule has 0 bridgehead atoms. The lowest BCUT2D eigenvalue weighted by Crippen LogP contribution is -2.26. The Kier molecular flexibility index (Phi) is 5.79. The van der Waals surface area contributed by atoms with Crippen LogP contribution in [0, 0.1) is 13.8 Å². The number of benzene rings is 1. The Bertz CT molecular complexity index is 716. The van der Waals surface area contributed by atoms with Gasteiger partial charge in [-0.25, -0.2) is 13.1 Å². The van der Waals surface area contributed by atoms with Crippen LogP contribution in [-0.4, -0.2) is 26.7 Å². The number of nitrogens with one attached hydrogen (secondary N) is 1. The smallest absolute Gasteiger partial charge is 0.245 e. The number of sulfonamides is 1. The summed E-state index contributed by atoms with van der Waals surface area (Å²) in [5.41, 5.74) is 1.52. The highest BCUT2D eigenvalue weighted by Gasteiger charge is 2.23. The third kappa shape index (κ3) is 4.56. The first-order chi connectivity index (χ1) is 10.9. The highest BCUT2D eigenvalue weighted by Crippen LogP contribution is 2.18. The maximum absolute atomic E-state index is 12.2. The topological polar surface area (TPSA) is 81.4 Å². The van der Waals surface area contributed by atoms with Crippen molar-refractivity contribution in [2.24, 2.45) is 0 Å². The van der Waals surface area contributed by atoms with Gasteiger partial charge in [-0.3, -0.25) is 0 Å². The monoisotopic (exact) mass is 338 g/mol. The lowest BCUT2D eigenvalue weighted by molar-refractivity contribution is 0.340. The lowest BCUT2D eigenvalue weighted by atomic mass is 10.1. The van der Waals surface area contributed by atoms with E-state index in [1.54, 1.807) is 13.8 Å². The highest BCUT2D eigenvalue weighted by molar-refractivity contribution is 7.89. The molecule has 1 aromatic heterocycles. The van der Waals surface area contributed by atoms with Gasteiger partial charge >= 0.3 is 0 Å². The molecule has 126 valence electrons. The van der Waals surface area contributed by atoms with Gasteiger partial charge in [-0.2, -0.15) is 0 Å². The Balaban J connectivity index is 1.85. The molecule has 0 radical (unpaired) electrons. The molecule has 0 atom stereocenters. The fourth-order valence-corrected chi connectivity index (χ4v) is 3.75. The highest BCUT2D eigenvalue weighted by atomic mass is 32.2. The van der Waals surface area contributed by atoms with E-state index in [9.17, 15) is 8.42 Å². The number of aromatic nitrogens is 1. The summed E-state index contributed by atoms with van der Waals surface area (Å²) in [5.74, 6) is 1.15. The number of ether oxygens (including phenoxy) is 1. The summed E-state index contributed by atoms with van der Waals surface area (Å²) < 4.78 is 37.4. The van der Waals surface area contributed by atoms with Crippen LogP contribution >= 0.6 is 0 Å². The Morgan fingerprint density at radius 2 is 1.91 bits per heavy atom. The van der Waals surface area contributed by atoms with E-state index in [0.717, 1.165) is 17.7 Å². The number of aryl methyl sites for hydroxylation is 3. The van der Waals surface area contributed by atoms with Crippen LogP contribution in [0.25, 0.3) is 0 Å². The first kappa shape index (κ1) is 17.5. The van der Waals surface area contributed by atoms with Crippen LogP contribution in [0.1, 0.15) is 30.4 Å². The fourth-order valence-electron chi connectivity index (χ4n) is 2.35. The third-order valence-electron chi connectivity index (χ3n) is 3.41. The molecule has 0 amide bonds. The molecule has 0 aliphatic carbocycles. The normalized spacial score (nSPS) is 11.6. The van der Waals surface area contributed by atoms with Crippen LogP contribution in [0.2, 0.25) is 0 Å². The molecule has 0 saturated heterocycles. The zero-order valence-corrected chi connectivity index (χ0v) is 14.4. The predicted molar refractivity (Wildman–Crippen MR) is 87.1 cm³/mol. The molecule has 6 nitrogen and oxygen atoms in total. The quantitative estimate of drug-likeness (QED) is 0.748. The van der Waals surface area contributed by atoms with Crippen molar-refractivity contribution in [3.63, 3.8) is 0 Å². The second kappa shape index (κ2) is 7.61. The van der Waals surface area contributed by atoms with E-state index in [4.69, 9.17) is 9.26 Å². The van der Waals surface area contributed by atoms with E-state index in [1.165, 1.54) is 0 Å². The molecule has 2 rings (SSSR count). The maximum Gasteiger partial charge on any atom is 0.245 e. The molecule has 0 fully saturated rings. The summed E-state index contributed by atoms with van der Waals surface area (Å²) in [7, 11) is -3.57. The fraction of sp³-hybridized carbons (Fsp3) is 0.438. The second-order valence-corrected chi connectivity index (χ2v) is 6.94. The van der Waals surface area contributed by atoms with Gasteiger partial charge in [-0.1, -0.05) is 17.3 Å². The Labute approximate surface area is 136 Å². The van der Waals surface area contributed by atoms with Gasteiger partial charge in [0.05, 0.1) is 6.61 Å². The standard InChI is InChI=1S/C16H22N2O4S/c1-4-21-15-9-7-14(8-10-15)6-5-11-17-23(19,20)16-12(2)18-22-13(16)3/h7-10,17H,4-6,11H2,1-3H3. The minimum absolute atomic E-state index is 0.138. The molecule has 0 spiro atoms. The first-order valence-electron chi connectivity index (χ1n) is 7.58. The van der Waals surface area contributed by atoms with Crippen molar-refractivity contribution in [2.45, 2.75) is 38.5 Å². The average Bonchev–Trinajstić information content (AvgIpc) is 2.85. The SMILES string of the molecule is CCOc1ccc(CCCNS(=O)(=O)c2c(C)noc2C)cc1.